The van der Waals surface area contributed by atoms with Crippen LogP contribution in [0.25, 0.3) is 0 Å². The van der Waals surface area contributed by atoms with Crippen LogP contribution in [-0.4, -0.2) is 51.6 Å². The molecule has 4 atom stereocenters. The molecule has 0 bridgehead atoms. The fourth-order valence-corrected chi connectivity index (χ4v) is 2.17. The van der Waals surface area contributed by atoms with E-state index in [0.717, 1.165) is 6.42 Å². The van der Waals surface area contributed by atoms with Crippen LogP contribution >= 0.6 is 0 Å². The number of rotatable bonds is 2. The lowest BCUT2D eigenvalue weighted by Crippen LogP contribution is -2.34. The van der Waals surface area contributed by atoms with Gasteiger partial charge in [0, 0.05) is 20.0 Å². The minimum atomic E-state index is -0.699. The normalized spacial score (nSPS) is 37.2. The highest BCUT2D eigenvalue weighted by atomic mass is 16.7. The molecule has 1 aliphatic carbocycles. The van der Waals surface area contributed by atoms with Gasteiger partial charge in [-0.15, -0.1) is 0 Å². The van der Waals surface area contributed by atoms with Crippen molar-refractivity contribution in [1.29, 1.82) is 0 Å². The van der Waals surface area contributed by atoms with Crippen molar-refractivity contribution in [3.05, 3.63) is 12.2 Å². The molecule has 0 radical (unpaired) electrons. The van der Waals surface area contributed by atoms with Gasteiger partial charge in [0.1, 0.15) is 12.9 Å². The summed E-state index contributed by atoms with van der Waals surface area (Å²) in [5.74, 6) is 0. The summed E-state index contributed by atoms with van der Waals surface area (Å²) in [7, 11) is 2.92. The lowest BCUT2D eigenvalue weighted by Gasteiger charge is -2.25. The molecule has 4 unspecified atom stereocenters. The van der Waals surface area contributed by atoms with Gasteiger partial charge in [0.15, 0.2) is 0 Å². The van der Waals surface area contributed by atoms with Gasteiger partial charge in [-0.2, -0.15) is 0 Å². The van der Waals surface area contributed by atoms with Crippen molar-refractivity contribution in [3.8, 4) is 0 Å². The minimum absolute atomic E-state index is 0.0244. The third-order valence-electron chi connectivity index (χ3n) is 3.17. The predicted molar refractivity (Wildman–Crippen MR) is 61.1 cm³/mol. The molecule has 1 aliphatic heterocycles. The summed E-state index contributed by atoms with van der Waals surface area (Å²) in [5.41, 5.74) is 0. The highest BCUT2D eigenvalue weighted by Gasteiger charge is 2.35. The Hall–Kier alpha value is -1.11. The van der Waals surface area contributed by atoms with Gasteiger partial charge >= 0.3 is 6.16 Å². The van der Waals surface area contributed by atoms with Crippen molar-refractivity contribution < 1.29 is 28.5 Å². The number of fused-ring (bicyclic) bond motifs is 1. The van der Waals surface area contributed by atoms with Crippen molar-refractivity contribution in [1.82, 2.24) is 0 Å². The summed E-state index contributed by atoms with van der Waals surface area (Å²) in [6.07, 6.45) is 3.73. The minimum Gasteiger partial charge on any atom is -0.438 e. The van der Waals surface area contributed by atoms with Crippen molar-refractivity contribution >= 4 is 6.16 Å². The Balaban J connectivity index is 2.05. The molecule has 2 aliphatic rings. The highest BCUT2D eigenvalue weighted by Crippen LogP contribution is 2.26. The topological polar surface area (TPSA) is 63.2 Å². The molecule has 2 rings (SSSR count). The van der Waals surface area contributed by atoms with Crippen LogP contribution in [0.15, 0.2) is 12.2 Å². The summed E-state index contributed by atoms with van der Waals surface area (Å²) in [6, 6.07) is 0. The van der Waals surface area contributed by atoms with Gasteiger partial charge < -0.3 is 23.7 Å². The maximum absolute atomic E-state index is 11.1. The summed E-state index contributed by atoms with van der Waals surface area (Å²) < 4.78 is 25.9. The monoisotopic (exact) mass is 258 g/mol. The second-order valence-electron chi connectivity index (χ2n) is 4.27. The molecule has 1 fully saturated rings. The van der Waals surface area contributed by atoms with Crippen LogP contribution in [0.1, 0.15) is 12.8 Å². The largest absolute Gasteiger partial charge is 0.508 e. The Bertz CT molecular complexity index is 316. The molecule has 6 nitrogen and oxygen atoms in total. The van der Waals surface area contributed by atoms with Gasteiger partial charge in [-0.05, 0) is 6.08 Å². The number of hydrogen-bond donors (Lipinski definition) is 0. The van der Waals surface area contributed by atoms with Gasteiger partial charge in [0.05, 0.1) is 25.4 Å². The lowest BCUT2D eigenvalue weighted by molar-refractivity contribution is 0.0134. The first-order valence-corrected chi connectivity index (χ1v) is 5.92. The summed E-state index contributed by atoms with van der Waals surface area (Å²) in [4.78, 5) is 11.1. The van der Waals surface area contributed by atoms with Crippen LogP contribution in [0, 0.1) is 0 Å². The van der Waals surface area contributed by atoms with E-state index >= 15 is 0 Å². The van der Waals surface area contributed by atoms with Gasteiger partial charge in [-0.1, -0.05) is 6.08 Å². The van der Waals surface area contributed by atoms with E-state index in [9.17, 15) is 4.79 Å². The summed E-state index contributed by atoms with van der Waals surface area (Å²) in [5, 5.41) is 0. The predicted octanol–water partition coefficient (Wildman–Crippen LogP) is 1.24. The number of carbonyl (C=O) groups excluding carboxylic acids is 1. The Morgan fingerprint density at radius 2 is 1.72 bits per heavy atom. The number of carbonyl (C=O) groups is 1. The van der Waals surface area contributed by atoms with Gasteiger partial charge in [-0.3, -0.25) is 0 Å². The first kappa shape index (κ1) is 13.3. The fraction of sp³-hybridized carbons (Fsp3) is 0.750. The first-order valence-electron chi connectivity index (χ1n) is 5.92. The molecule has 0 aromatic heterocycles. The van der Waals surface area contributed by atoms with Gasteiger partial charge in [-0.25, -0.2) is 4.79 Å². The van der Waals surface area contributed by atoms with E-state index in [-0.39, 0.29) is 31.2 Å². The average molecular weight is 258 g/mol. The molecule has 18 heavy (non-hydrogen) atoms. The number of methoxy groups -OCH3 is 2. The second-order valence-corrected chi connectivity index (χ2v) is 4.27. The Morgan fingerprint density at radius 1 is 1.11 bits per heavy atom. The van der Waals surface area contributed by atoms with E-state index in [0.29, 0.717) is 6.42 Å². The fourth-order valence-electron chi connectivity index (χ4n) is 2.17. The maximum Gasteiger partial charge on any atom is 0.508 e. The molecule has 0 saturated carbocycles. The van der Waals surface area contributed by atoms with Crippen LogP contribution < -0.4 is 0 Å². The number of ether oxygens (including phenoxy) is 5. The van der Waals surface area contributed by atoms with E-state index in [2.05, 4.69) is 4.74 Å². The van der Waals surface area contributed by atoms with Crippen LogP contribution in [-0.2, 0) is 23.7 Å². The summed E-state index contributed by atoms with van der Waals surface area (Å²) in [6.45, 7) is 0.275. The van der Waals surface area contributed by atoms with Crippen molar-refractivity contribution in [3.63, 3.8) is 0 Å². The Labute approximate surface area is 106 Å². The zero-order valence-electron chi connectivity index (χ0n) is 10.5. The molecule has 0 N–H and O–H groups in total. The Kier molecular flexibility index (Phi) is 4.57. The molecule has 6 heteroatoms. The molecular weight excluding hydrogens is 240 g/mol. The number of hydrogen-bond acceptors (Lipinski definition) is 6. The highest BCUT2D eigenvalue weighted by molar-refractivity contribution is 5.60. The van der Waals surface area contributed by atoms with Crippen molar-refractivity contribution in [2.45, 2.75) is 37.3 Å². The standard InChI is InChI=1S/C12H18O6/c1-14-8-3-4-9(18-12(13)15-2)6-11-10(5-8)16-7-17-11/h3-4,8-11H,5-7H2,1-2H3/b4-3+. The van der Waals surface area contributed by atoms with Gasteiger partial charge in [0.2, 0.25) is 0 Å². The van der Waals surface area contributed by atoms with Crippen LogP contribution in [0.4, 0.5) is 4.79 Å². The molecule has 0 amide bonds. The van der Waals surface area contributed by atoms with E-state index in [1.807, 2.05) is 12.2 Å². The van der Waals surface area contributed by atoms with Crippen molar-refractivity contribution in [2.75, 3.05) is 21.0 Å². The second kappa shape index (κ2) is 6.17. The smallest absolute Gasteiger partial charge is 0.438 e. The van der Waals surface area contributed by atoms with Crippen LogP contribution in [0.3, 0.4) is 0 Å². The summed E-state index contributed by atoms with van der Waals surface area (Å²) >= 11 is 0. The van der Waals surface area contributed by atoms with E-state index in [4.69, 9.17) is 18.9 Å². The van der Waals surface area contributed by atoms with E-state index < -0.39 is 6.16 Å². The first-order chi connectivity index (χ1) is 8.72. The molecule has 102 valence electrons. The van der Waals surface area contributed by atoms with E-state index in [1.165, 1.54) is 7.11 Å². The van der Waals surface area contributed by atoms with E-state index in [1.54, 1.807) is 7.11 Å². The van der Waals surface area contributed by atoms with Crippen LogP contribution in [0.2, 0.25) is 0 Å². The zero-order chi connectivity index (χ0) is 13.0. The van der Waals surface area contributed by atoms with Crippen molar-refractivity contribution in [2.24, 2.45) is 0 Å². The SMILES string of the molecule is COC(=O)OC1/C=C/C(OC)CC2OCOC2C1. The third kappa shape index (κ3) is 3.22. The van der Waals surface area contributed by atoms with Crippen LogP contribution in [0.5, 0.6) is 0 Å². The zero-order valence-corrected chi connectivity index (χ0v) is 10.5. The quantitative estimate of drug-likeness (QED) is 0.548. The van der Waals surface area contributed by atoms with Gasteiger partial charge in [0.25, 0.3) is 0 Å². The molecule has 1 heterocycles. The average Bonchev–Trinajstić information content (AvgIpc) is 2.77. The Morgan fingerprint density at radius 3 is 2.33 bits per heavy atom. The molecule has 1 saturated heterocycles. The maximum atomic E-state index is 11.1. The third-order valence-corrected chi connectivity index (χ3v) is 3.17. The molecule has 0 spiro atoms. The lowest BCUT2D eigenvalue weighted by atomic mass is 9.97. The molecule has 0 aromatic carbocycles. The molecular formula is C12H18O6. The molecule has 0 aromatic rings.